The van der Waals surface area contributed by atoms with Crippen LogP contribution in [0.3, 0.4) is 0 Å². The second-order valence-corrected chi connectivity index (χ2v) is 9.17. The number of ether oxygens (including phenoxy) is 1. The first kappa shape index (κ1) is 26.0. The fourth-order valence-electron chi connectivity index (χ4n) is 3.51. The van der Waals surface area contributed by atoms with Crippen LogP contribution >= 0.6 is 23.2 Å². The Balaban J connectivity index is 2.30. The van der Waals surface area contributed by atoms with Crippen LogP contribution in [0.25, 0.3) is 0 Å². The molecule has 0 unspecified atom stereocenters. The van der Waals surface area contributed by atoms with Crippen molar-refractivity contribution in [3.8, 4) is 5.75 Å². The van der Waals surface area contributed by atoms with Crippen molar-refractivity contribution in [1.29, 1.82) is 0 Å². The maximum absolute atomic E-state index is 13.3. The fraction of sp³-hybridized carbons (Fsp3) is 0.440. The van der Waals surface area contributed by atoms with E-state index in [9.17, 15) is 9.59 Å². The number of hydrogen-bond acceptors (Lipinski definition) is 3. The van der Waals surface area contributed by atoms with Gasteiger partial charge in [0.15, 0.2) is 6.61 Å². The summed E-state index contributed by atoms with van der Waals surface area (Å²) in [6.07, 6.45) is 0.466. The number of halogens is 2. The fourth-order valence-corrected chi connectivity index (χ4v) is 3.83. The predicted molar refractivity (Wildman–Crippen MR) is 131 cm³/mol. The Kier molecular flexibility index (Phi) is 9.41. The van der Waals surface area contributed by atoms with E-state index in [1.165, 1.54) is 0 Å². The Bertz CT molecular complexity index is 976. The van der Waals surface area contributed by atoms with Crippen molar-refractivity contribution < 1.29 is 14.3 Å². The minimum absolute atomic E-state index is 0.0346. The highest BCUT2D eigenvalue weighted by Crippen LogP contribution is 2.25. The Labute approximate surface area is 201 Å². The lowest BCUT2D eigenvalue weighted by molar-refractivity contribution is -0.143. The van der Waals surface area contributed by atoms with E-state index in [-0.39, 0.29) is 31.0 Å². The topological polar surface area (TPSA) is 58.6 Å². The molecule has 7 heteroatoms. The zero-order chi connectivity index (χ0) is 24.0. The first-order valence-electron chi connectivity index (χ1n) is 10.8. The summed E-state index contributed by atoms with van der Waals surface area (Å²) in [5.74, 6) is 0.198. The van der Waals surface area contributed by atoms with Gasteiger partial charge >= 0.3 is 0 Å². The number of nitrogens with zero attached hydrogens (tertiary/aromatic N) is 1. The monoisotopic (exact) mass is 478 g/mol. The van der Waals surface area contributed by atoms with Crippen molar-refractivity contribution in [1.82, 2.24) is 10.2 Å². The number of aryl methyl sites for hydroxylation is 2. The lowest BCUT2D eigenvalue weighted by atomic mass is 10.1. The van der Waals surface area contributed by atoms with E-state index in [0.29, 0.717) is 22.2 Å². The van der Waals surface area contributed by atoms with E-state index in [1.54, 1.807) is 23.1 Å². The third-order valence-electron chi connectivity index (χ3n) is 5.27. The van der Waals surface area contributed by atoms with Gasteiger partial charge in [0.05, 0.1) is 10.0 Å². The molecular formula is C25H32Cl2N2O3. The lowest BCUT2D eigenvalue weighted by Crippen LogP contribution is -2.51. The number of hydrogen-bond donors (Lipinski definition) is 1. The maximum atomic E-state index is 13.3. The van der Waals surface area contributed by atoms with E-state index in [2.05, 4.69) is 11.4 Å². The average Bonchev–Trinajstić information content (AvgIpc) is 2.71. The van der Waals surface area contributed by atoms with Gasteiger partial charge in [0.25, 0.3) is 5.91 Å². The average molecular weight is 479 g/mol. The molecule has 0 aliphatic carbocycles. The summed E-state index contributed by atoms with van der Waals surface area (Å²) in [5.41, 5.74) is 3.93. The van der Waals surface area contributed by atoms with Crippen molar-refractivity contribution in [3.05, 3.63) is 62.6 Å². The van der Waals surface area contributed by atoms with Crippen molar-refractivity contribution in [2.75, 3.05) is 6.61 Å². The summed E-state index contributed by atoms with van der Waals surface area (Å²) in [6.45, 7) is 11.7. The quantitative estimate of drug-likeness (QED) is 0.507. The van der Waals surface area contributed by atoms with Crippen LogP contribution in [-0.4, -0.2) is 35.4 Å². The molecule has 0 aromatic heterocycles. The standard InChI is InChI=1S/C25H32Cl2N2O3/c1-7-22(25(31)28-15(2)3)29(13-19-8-9-20(26)21(27)12-19)24(30)14-32-23-11-16(4)10-17(5)18(23)6/h8-12,15,22H,7,13-14H2,1-6H3,(H,28,31)/t22-/m0/s1. The van der Waals surface area contributed by atoms with Crippen LogP contribution < -0.4 is 10.1 Å². The first-order chi connectivity index (χ1) is 15.0. The number of carbonyl (C=O) groups excluding carboxylic acids is 2. The van der Waals surface area contributed by atoms with Crippen LogP contribution in [0.15, 0.2) is 30.3 Å². The molecule has 2 rings (SSSR count). The van der Waals surface area contributed by atoms with Gasteiger partial charge in [0.1, 0.15) is 11.8 Å². The number of rotatable bonds is 9. The van der Waals surface area contributed by atoms with E-state index in [4.69, 9.17) is 27.9 Å². The zero-order valence-corrected chi connectivity index (χ0v) is 21.1. The van der Waals surface area contributed by atoms with Crippen molar-refractivity contribution >= 4 is 35.0 Å². The third-order valence-corrected chi connectivity index (χ3v) is 6.01. The molecule has 5 nitrogen and oxygen atoms in total. The molecule has 0 saturated carbocycles. The number of benzene rings is 2. The smallest absolute Gasteiger partial charge is 0.261 e. The summed E-state index contributed by atoms with van der Waals surface area (Å²) in [7, 11) is 0. The van der Waals surface area contributed by atoms with Gasteiger partial charge in [0.2, 0.25) is 5.91 Å². The minimum Gasteiger partial charge on any atom is -0.483 e. The van der Waals surface area contributed by atoms with Gasteiger partial charge in [-0.15, -0.1) is 0 Å². The Hall–Kier alpha value is -2.24. The summed E-state index contributed by atoms with van der Waals surface area (Å²) >= 11 is 12.2. The number of amides is 2. The second kappa shape index (κ2) is 11.6. The summed E-state index contributed by atoms with van der Waals surface area (Å²) in [5, 5.41) is 3.75. The van der Waals surface area contributed by atoms with Crippen LogP contribution in [-0.2, 0) is 16.1 Å². The Morgan fingerprint density at radius 1 is 1.06 bits per heavy atom. The highest BCUT2D eigenvalue weighted by Gasteiger charge is 2.29. The van der Waals surface area contributed by atoms with Crippen LogP contribution in [0.5, 0.6) is 5.75 Å². The molecule has 2 amide bonds. The zero-order valence-electron chi connectivity index (χ0n) is 19.6. The van der Waals surface area contributed by atoms with E-state index < -0.39 is 6.04 Å². The van der Waals surface area contributed by atoms with Crippen molar-refractivity contribution in [2.45, 2.75) is 66.6 Å². The first-order valence-corrected chi connectivity index (χ1v) is 11.5. The molecular weight excluding hydrogens is 447 g/mol. The molecule has 0 heterocycles. The van der Waals surface area contributed by atoms with E-state index in [0.717, 1.165) is 22.3 Å². The molecule has 174 valence electrons. The summed E-state index contributed by atoms with van der Waals surface area (Å²) < 4.78 is 5.91. The minimum atomic E-state index is -0.636. The molecule has 0 spiro atoms. The molecule has 0 aliphatic rings. The molecule has 2 aromatic carbocycles. The molecule has 0 radical (unpaired) electrons. The molecule has 0 fully saturated rings. The molecule has 0 aliphatic heterocycles. The summed E-state index contributed by atoms with van der Waals surface area (Å²) in [6, 6.07) is 8.52. The Morgan fingerprint density at radius 2 is 1.75 bits per heavy atom. The van der Waals surface area contributed by atoms with Gasteiger partial charge in [-0.2, -0.15) is 0 Å². The number of nitrogens with one attached hydrogen (secondary N) is 1. The highest BCUT2D eigenvalue weighted by molar-refractivity contribution is 6.42. The van der Waals surface area contributed by atoms with Crippen LogP contribution in [0.2, 0.25) is 10.0 Å². The van der Waals surface area contributed by atoms with Crippen LogP contribution in [0.4, 0.5) is 0 Å². The number of carbonyl (C=O) groups is 2. The SMILES string of the molecule is CC[C@@H](C(=O)NC(C)C)N(Cc1ccc(Cl)c(Cl)c1)C(=O)COc1cc(C)cc(C)c1C. The maximum Gasteiger partial charge on any atom is 0.261 e. The molecule has 1 N–H and O–H groups in total. The van der Waals surface area contributed by atoms with Gasteiger partial charge in [0, 0.05) is 12.6 Å². The lowest BCUT2D eigenvalue weighted by Gasteiger charge is -2.31. The van der Waals surface area contributed by atoms with Gasteiger partial charge < -0.3 is 15.0 Å². The van der Waals surface area contributed by atoms with E-state index in [1.807, 2.05) is 47.6 Å². The summed E-state index contributed by atoms with van der Waals surface area (Å²) in [4.78, 5) is 27.7. The highest BCUT2D eigenvalue weighted by atomic mass is 35.5. The van der Waals surface area contributed by atoms with Crippen LogP contribution in [0, 0.1) is 20.8 Å². The van der Waals surface area contributed by atoms with Gasteiger partial charge in [-0.05, 0) is 81.5 Å². The van der Waals surface area contributed by atoms with Crippen molar-refractivity contribution in [3.63, 3.8) is 0 Å². The van der Waals surface area contributed by atoms with Gasteiger partial charge in [-0.25, -0.2) is 0 Å². The van der Waals surface area contributed by atoms with Crippen LogP contribution in [0.1, 0.15) is 49.4 Å². The Morgan fingerprint density at radius 3 is 2.34 bits per heavy atom. The largest absolute Gasteiger partial charge is 0.483 e. The second-order valence-electron chi connectivity index (χ2n) is 8.35. The normalized spacial score (nSPS) is 11.9. The van der Waals surface area contributed by atoms with Gasteiger partial charge in [-0.3, -0.25) is 9.59 Å². The molecule has 32 heavy (non-hydrogen) atoms. The van der Waals surface area contributed by atoms with Crippen molar-refractivity contribution in [2.24, 2.45) is 0 Å². The molecule has 1 atom stereocenters. The molecule has 0 saturated heterocycles. The predicted octanol–water partition coefficient (Wildman–Crippen LogP) is 5.63. The molecule has 2 aromatic rings. The third kappa shape index (κ3) is 6.88. The van der Waals surface area contributed by atoms with E-state index >= 15 is 0 Å². The molecule has 0 bridgehead atoms. The van der Waals surface area contributed by atoms with Gasteiger partial charge in [-0.1, -0.05) is 42.3 Å².